The third kappa shape index (κ3) is 2.69. The Morgan fingerprint density at radius 2 is 2.31 bits per heavy atom. The van der Waals surface area contributed by atoms with Crippen LogP contribution >= 0.6 is 0 Å². The van der Waals surface area contributed by atoms with Crippen LogP contribution in [0.2, 0.25) is 0 Å². The lowest BCUT2D eigenvalue weighted by molar-refractivity contribution is 0.240. The van der Waals surface area contributed by atoms with Gasteiger partial charge in [0.25, 0.3) is 0 Å². The van der Waals surface area contributed by atoms with Crippen molar-refractivity contribution in [2.75, 3.05) is 6.54 Å². The first kappa shape index (κ1) is 9.43. The van der Waals surface area contributed by atoms with Gasteiger partial charge in [-0.15, -0.1) is 5.10 Å². The average Bonchev–Trinajstić information content (AvgIpc) is 2.48. The Kier molecular flexibility index (Phi) is 3.18. The molecule has 0 unspecified atom stereocenters. The summed E-state index contributed by atoms with van der Waals surface area (Å²) in [6.07, 6.45) is 0. The summed E-state index contributed by atoms with van der Waals surface area (Å²) in [6.45, 7) is 2.78. The number of tetrazole rings is 1. The van der Waals surface area contributed by atoms with E-state index in [2.05, 4.69) is 26.2 Å². The van der Waals surface area contributed by atoms with E-state index in [1.54, 1.807) is 7.05 Å². The van der Waals surface area contributed by atoms with Gasteiger partial charge in [-0.05, 0) is 17.4 Å². The molecule has 1 rings (SSSR count). The van der Waals surface area contributed by atoms with Crippen LogP contribution in [0.15, 0.2) is 0 Å². The molecule has 0 aliphatic rings. The zero-order chi connectivity index (χ0) is 9.68. The number of aromatic nitrogens is 4. The van der Waals surface area contributed by atoms with Crippen molar-refractivity contribution in [3.63, 3.8) is 0 Å². The van der Waals surface area contributed by atoms with Gasteiger partial charge in [-0.2, -0.15) is 0 Å². The largest absolute Gasteiger partial charge is 0.338 e. The minimum atomic E-state index is -0.217. The summed E-state index contributed by atoms with van der Waals surface area (Å²) in [5.74, 6) is 0.617. The highest BCUT2D eigenvalue weighted by Gasteiger charge is 2.03. The van der Waals surface area contributed by atoms with Gasteiger partial charge in [0.05, 0.1) is 6.54 Å². The van der Waals surface area contributed by atoms with Crippen molar-refractivity contribution >= 4 is 6.03 Å². The molecule has 2 amide bonds. The van der Waals surface area contributed by atoms with Crippen molar-refractivity contribution in [2.45, 2.75) is 13.5 Å². The minimum Gasteiger partial charge on any atom is -0.338 e. The van der Waals surface area contributed by atoms with Gasteiger partial charge in [-0.1, -0.05) is 0 Å². The number of aryl methyl sites for hydroxylation is 1. The topological polar surface area (TPSA) is 84.7 Å². The summed E-state index contributed by atoms with van der Waals surface area (Å²) in [7, 11) is 1.72. The second-order valence-electron chi connectivity index (χ2n) is 2.43. The second-order valence-corrected chi connectivity index (χ2v) is 2.43. The van der Waals surface area contributed by atoms with Crippen LogP contribution in [0.4, 0.5) is 4.79 Å². The predicted molar refractivity (Wildman–Crippen MR) is 44.7 cm³/mol. The summed E-state index contributed by atoms with van der Waals surface area (Å²) in [6, 6.07) is -0.217. The molecule has 0 aromatic carbocycles. The van der Waals surface area contributed by atoms with Crippen LogP contribution in [0.3, 0.4) is 0 Å². The van der Waals surface area contributed by atoms with Crippen molar-refractivity contribution in [1.82, 2.24) is 30.8 Å². The summed E-state index contributed by atoms with van der Waals surface area (Å²) in [5.41, 5.74) is 0. The maximum absolute atomic E-state index is 10.9. The van der Waals surface area contributed by atoms with E-state index >= 15 is 0 Å². The molecule has 1 heterocycles. The standard InChI is InChI=1S/C6H12N6O/c1-3-7-6(13)8-4-5-9-10-11-12(5)2/h3-4H2,1-2H3,(H2,7,8,13). The maximum Gasteiger partial charge on any atom is 0.315 e. The molecule has 0 radical (unpaired) electrons. The molecule has 0 spiro atoms. The van der Waals surface area contributed by atoms with Gasteiger partial charge < -0.3 is 10.6 Å². The Balaban J connectivity index is 2.35. The lowest BCUT2D eigenvalue weighted by atomic mass is 10.6. The van der Waals surface area contributed by atoms with E-state index in [9.17, 15) is 4.79 Å². The number of nitrogens with zero attached hydrogens (tertiary/aromatic N) is 4. The third-order valence-corrected chi connectivity index (χ3v) is 1.45. The van der Waals surface area contributed by atoms with Crippen molar-refractivity contribution in [2.24, 2.45) is 7.05 Å². The van der Waals surface area contributed by atoms with Gasteiger partial charge in [-0.3, -0.25) is 0 Å². The van der Waals surface area contributed by atoms with Crippen LogP contribution in [-0.2, 0) is 13.6 Å². The molecule has 1 aromatic heterocycles. The van der Waals surface area contributed by atoms with E-state index in [1.165, 1.54) is 4.68 Å². The first-order chi connectivity index (χ1) is 6.24. The number of carbonyl (C=O) groups excluding carboxylic acids is 1. The number of amides is 2. The van der Waals surface area contributed by atoms with Crippen molar-refractivity contribution in [3.8, 4) is 0 Å². The van der Waals surface area contributed by atoms with E-state index in [-0.39, 0.29) is 6.03 Å². The Morgan fingerprint density at radius 3 is 2.85 bits per heavy atom. The summed E-state index contributed by atoms with van der Waals surface area (Å²) >= 11 is 0. The molecule has 1 aromatic rings. The third-order valence-electron chi connectivity index (χ3n) is 1.45. The average molecular weight is 184 g/mol. The van der Waals surface area contributed by atoms with Gasteiger partial charge >= 0.3 is 6.03 Å². The molecular formula is C6H12N6O. The number of hydrogen-bond donors (Lipinski definition) is 2. The van der Waals surface area contributed by atoms with Crippen molar-refractivity contribution in [3.05, 3.63) is 5.82 Å². The van der Waals surface area contributed by atoms with E-state index in [1.807, 2.05) is 6.92 Å². The highest BCUT2D eigenvalue weighted by atomic mass is 16.2. The maximum atomic E-state index is 10.9. The Labute approximate surface area is 75.5 Å². The summed E-state index contributed by atoms with van der Waals surface area (Å²) in [4.78, 5) is 10.9. The highest BCUT2D eigenvalue weighted by molar-refractivity contribution is 5.73. The van der Waals surface area contributed by atoms with E-state index < -0.39 is 0 Å². The fraction of sp³-hybridized carbons (Fsp3) is 0.667. The number of hydrogen-bond acceptors (Lipinski definition) is 4. The first-order valence-electron chi connectivity index (χ1n) is 3.97. The molecule has 0 saturated heterocycles. The summed E-state index contributed by atoms with van der Waals surface area (Å²) in [5, 5.41) is 16.0. The fourth-order valence-corrected chi connectivity index (χ4v) is 0.780. The minimum absolute atomic E-state index is 0.217. The Morgan fingerprint density at radius 1 is 1.54 bits per heavy atom. The number of rotatable bonds is 3. The van der Waals surface area contributed by atoms with Crippen LogP contribution in [0, 0.1) is 0 Å². The normalized spacial score (nSPS) is 9.69. The van der Waals surface area contributed by atoms with E-state index in [0.29, 0.717) is 18.9 Å². The molecule has 0 aliphatic heterocycles. The van der Waals surface area contributed by atoms with E-state index in [0.717, 1.165) is 0 Å². The lowest BCUT2D eigenvalue weighted by Gasteiger charge is -2.03. The van der Waals surface area contributed by atoms with Crippen LogP contribution in [0.1, 0.15) is 12.7 Å². The van der Waals surface area contributed by atoms with Gasteiger partial charge in [0.1, 0.15) is 0 Å². The van der Waals surface area contributed by atoms with Gasteiger partial charge in [0, 0.05) is 13.6 Å². The Bertz CT molecular complexity index is 282. The lowest BCUT2D eigenvalue weighted by Crippen LogP contribution is -2.35. The van der Waals surface area contributed by atoms with Crippen molar-refractivity contribution in [1.29, 1.82) is 0 Å². The number of nitrogens with one attached hydrogen (secondary N) is 2. The van der Waals surface area contributed by atoms with Gasteiger partial charge in [0.15, 0.2) is 5.82 Å². The molecule has 7 heteroatoms. The molecule has 0 atom stereocenters. The van der Waals surface area contributed by atoms with Crippen LogP contribution in [-0.4, -0.2) is 32.8 Å². The Hall–Kier alpha value is -1.66. The monoisotopic (exact) mass is 184 g/mol. The van der Waals surface area contributed by atoms with Gasteiger partial charge in [0.2, 0.25) is 0 Å². The molecule has 0 aliphatic carbocycles. The van der Waals surface area contributed by atoms with Crippen LogP contribution in [0.25, 0.3) is 0 Å². The van der Waals surface area contributed by atoms with E-state index in [4.69, 9.17) is 0 Å². The van der Waals surface area contributed by atoms with Crippen LogP contribution in [0.5, 0.6) is 0 Å². The quantitative estimate of drug-likeness (QED) is 0.633. The van der Waals surface area contributed by atoms with Crippen LogP contribution < -0.4 is 10.6 Å². The first-order valence-corrected chi connectivity index (χ1v) is 3.97. The second kappa shape index (κ2) is 4.39. The highest BCUT2D eigenvalue weighted by Crippen LogP contribution is 1.85. The molecule has 7 nitrogen and oxygen atoms in total. The molecule has 2 N–H and O–H groups in total. The van der Waals surface area contributed by atoms with Gasteiger partial charge in [-0.25, -0.2) is 9.48 Å². The fourth-order valence-electron chi connectivity index (χ4n) is 0.780. The SMILES string of the molecule is CCNC(=O)NCc1nnnn1C. The number of carbonyl (C=O) groups is 1. The summed E-state index contributed by atoms with van der Waals surface area (Å²) < 4.78 is 1.51. The molecule has 0 fully saturated rings. The number of urea groups is 1. The predicted octanol–water partition coefficient (Wildman–Crippen LogP) is -0.971. The smallest absolute Gasteiger partial charge is 0.315 e. The molecule has 13 heavy (non-hydrogen) atoms. The molecule has 0 bridgehead atoms. The molecular weight excluding hydrogens is 172 g/mol. The zero-order valence-corrected chi connectivity index (χ0v) is 7.61. The molecule has 72 valence electrons. The zero-order valence-electron chi connectivity index (χ0n) is 7.61. The van der Waals surface area contributed by atoms with Crippen molar-refractivity contribution < 1.29 is 4.79 Å². The molecule has 0 saturated carbocycles.